The zero-order valence-corrected chi connectivity index (χ0v) is 7.82. The molecule has 0 spiro atoms. The van der Waals surface area contributed by atoms with Crippen LogP contribution in [0.2, 0.25) is 0 Å². The van der Waals surface area contributed by atoms with Crippen molar-refractivity contribution in [3.05, 3.63) is 35.0 Å². The summed E-state index contributed by atoms with van der Waals surface area (Å²) in [5.41, 5.74) is 0. The predicted molar refractivity (Wildman–Crippen MR) is 51.8 cm³/mol. The van der Waals surface area contributed by atoms with Crippen molar-refractivity contribution in [2.45, 2.75) is 6.92 Å². The van der Waals surface area contributed by atoms with Gasteiger partial charge in [0.05, 0.1) is 4.88 Å². The van der Waals surface area contributed by atoms with Crippen molar-refractivity contribution in [1.29, 1.82) is 0 Å². The van der Waals surface area contributed by atoms with Crippen molar-refractivity contribution >= 4 is 27.2 Å². The predicted octanol–water partition coefficient (Wildman–Crippen LogP) is 3.24. The topological polar surface area (TPSA) is 17.1 Å². The molecule has 1 aromatic carbocycles. The third-order valence-corrected chi connectivity index (χ3v) is 3.04. The lowest BCUT2D eigenvalue weighted by atomic mass is 10.2. The Bertz CT molecular complexity index is 473. The summed E-state index contributed by atoms with van der Waals surface area (Å²) < 4.78 is 13.7. The van der Waals surface area contributed by atoms with Gasteiger partial charge in [0.1, 0.15) is 5.82 Å². The van der Waals surface area contributed by atoms with Gasteiger partial charge in [-0.2, -0.15) is 0 Å². The molecule has 0 N–H and O–H groups in total. The third-order valence-electron chi connectivity index (χ3n) is 1.83. The van der Waals surface area contributed by atoms with E-state index < -0.39 is 0 Å². The first-order chi connectivity index (χ1) is 6.16. The van der Waals surface area contributed by atoms with Gasteiger partial charge in [-0.15, -0.1) is 11.3 Å². The summed E-state index contributed by atoms with van der Waals surface area (Å²) in [5.74, 6) is -0.234. The van der Waals surface area contributed by atoms with Crippen molar-refractivity contribution in [2.24, 2.45) is 0 Å². The molecule has 0 saturated carbocycles. The van der Waals surface area contributed by atoms with E-state index in [0.29, 0.717) is 4.88 Å². The lowest BCUT2D eigenvalue weighted by Crippen LogP contribution is -1.83. The quantitative estimate of drug-likeness (QED) is 0.637. The highest BCUT2D eigenvalue weighted by atomic mass is 32.1. The maximum absolute atomic E-state index is 12.8. The highest BCUT2D eigenvalue weighted by molar-refractivity contribution is 7.20. The van der Waals surface area contributed by atoms with Crippen LogP contribution in [0.15, 0.2) is 24.3 Å². The summed E-state index contributed by atoms with van der Waals surface area (Å²) >= 11 is 1.40. The lowest BCUT2D eigenvalue weighted by Gasteiger charge is -1.86. The highest BCUT2D eigenvalue weighted by Gasteiger charge is 2.05. The molecule has 0 fully saturated rings. The fourth-order valence-corrected chi connectivity index (χ4v) is 2.13. The first kappa shape index (κ1) is 8.38. The first-order valence-corrected chi connectivity index (χ1v) is 4.68. The number of halogens is 1. The van der Waals surface area contributed by atoms with Gasteiger partial charge in [0.15, 0.2) is 5.78 Å². The summed E-state index contributed by atoms with van der Waals surface area (Å²) in [6.07, 6.45) is 0. The van der Waals surface area contributed by atoms with Gasteiger partial charge in [-0.25, -0.2) is 4.39 Å². The van der Waals surface area contributed by atoms with Crippen molar-refractivity contribution in [3.8, 4) is 0 Å². The SMILES string of the molecule is CC(=O)c1cc2cc(F)ccc2s1. The molecule has 0 bridgehead atoms. The molecule has 1 heterocycles. The van der Waals surface area contributed by atoms with Crippen LogP contribution in [0.4, 0.5) is 4.39 Å². The Morgan fingerprint density at radius 3 is 2.85 bits per heavy atom. The Hall–Kier alpha value is -1.22. The molecule has 0 atom stereocenters. The van der Waals surface area contributed by atoms with Crippen LogP contribution in [0.25, 0.3) is 10.1 Å². The van der Waals surface area contributed by atoms with E-state index in [0.717, 1.165) is 10.1 Å². The van der Waals surface area contributed by atoms with Gasteiger partial charge in [-0.3, -0.25) is 4.79 Å². The smallest absolute Gasteiger partial charge is 0.169 e. The van der Waals surface area contributed by atoms with Gasteiger partial charge in [-0.05, 0) is 36.6 Å². The summed E-state index contributed by atoms with van der Waals surface area (Å²) in [4.78, 5) is 11.7. The molecule has 0 aliphatic heterocycles. The van der Waals surface area contributed by atoms with Crippen molar-refractivity contribution in [1.82, 2.24) is 0 Å². The van der Waals surface area contributed by atoms with Crippen molar-refractivity contribution < 1.29 is 9.18 Å². The van der Waals surface area contributed by atoms with Crippen LogP contribution >= 0.6 is 11.3 Å². The summed E-state index contributed by atoms with van der Waals surface area (Å²) in [5, 5.41) is 0.801. The van der Waals surface area contributed by atoms with Gasteiger partial charge >= 0.3 is 0 Å². The third kappa shape index (κ3) is 1.47. The molecule has 3 heteroatoms. The molecule has 2 aromatic rings. The molecule has 0 aliphatic rings. The standard InChI is InChI=1S/C10H7FOS/c1-6(12)10-5-7-4-8(11)2-3-9(7)13-10/h2-5H,1H3. The maximum atomic E-state index is 12.8. The molecular weight excluding hydrogens is 187 g/mol. The van der Waals surface area contributed by atoms with E-state index in [-0.39, 0.29) is 11.6 Å². The van der Waals surface area contributed by atoms with E-state index in [4.69, 9.17) is 0 Å². The lowest BCUT2D eigenvalue weighted by molar-refractivity contribution is 0.102. The molecular formula is C10H7FOS. The van der Waals surface area contributed by atoms with E-state index in [1.165, 1.54) is 30.4 Å². The largest absolute Gasteiger partial charge is 0.294 e. The van der Waals surface area contributed by atoms with E-state index in [1.807, 2.05) is 0 Å². The monoisotopic (exact) mass is 194 g/mol. The Kier molecular flexibility index (Phi) is 1.88. The number of Topliss-reactive ketones (excluding diaryl/α,β-unsaturated/α-hetero) is 1. The van der Waals surface area contributed by atoms with Gasteiger partial charge < -0.3 is 0 Å². The fraction of sp³-hybridized carbons (Fsp3) is 0.100. The normalized spacial score (nSPS) is 10.6. The number of rotatable bonds is 1. The second kappa shape index (κ2) is 2.92. The van der Waals surface area contributed by atoms with Crippen LogP contribution in [-0.4, -0.2) is 5.78 Å². The molecule has 0 saturated heterocycles. The second-order valence-electron chi connectivity index (χ2n) is 2.85. The van der Waals surface area contributed by atoms with E-state index in [9.17, 15) is 9.18 Å². The van der Waals surface area contributed by atoms with E-state index in [2.05, 4.69) is 0 Å². The fourth-order valence-electron chi connectivity index (χ4n) is 1.19. The van der Waals surface area contributed by atoms with Crippen LogP contribution in [0.5, 0.6) is 0 Å². The van der Waals surface area contributed by atoms with Crippen LogP contribution in [0, 0.1) is 5.82 Å². The second-order valence-corrected chi connectivity index (χ2v) is 3.93. The number of benzene rings is 1. The first-order valence-electron chi connectivity index (χ1n) is 3.87. The van der Waals surface area contributed by atoms with E-state index >= 15 is 0 Å². The zero-order valence-electron chi connectivity index (χ0n) is 7.00. The molecule has 0 radical (unpaired) electrons. The van der Waals surface area contributed by atoms with E-state index in [1.54, 1.807) is 12.1 Å². The van der Waals surface area contributed by atoms with Crippen LogP contribution in [0.3, 0.4) is 0 Å². The average Bonchev–Trinajstić information content (AvgIpc) is 2.46. The maximum Gasteiger partial charge on any atom is 0.169 e. The minimum absolute atomic E-state index is 0.0293. The molecule has 0 unspecified atom stereocenters. The molecule has 1 nitrogen and oxygen atoms in total. The van der Waals surface area contributed by atoms with Crippen molar-refractivity contribution in [3.63, 3.8) is 0 Å². The Labute approximate surface area is 78.8 Å². The van der Waals surface area contributed by atoms with Crippen LogP contribution in [-0.2, 0) is 0 Å². The molecule has 0 amide bonds. The summed E-state index contributed by atoms with van der Waals surface area (Å²) in [6.45, 7) is 1.51. The number of thiophene rings is 1. The van der Waals surface area contributed by atoms with Crippen LogP contribution < -0.4 is 0 Å². The Morgan fingerprint density at radius 2 is 2.15 bits per heavy atom. The number of ketones is 1. The molecule has 2 rings (SSSR count). The highest BCUT2D eigenvalue weighted by Crippen LogP contribution is 2.26. The molecule has 0 aliphatic carbocycles. The Balaban J connectivity index is 2.68. The van der Waals surface area contributed by atoms with Gasteiger partial charge in [0, 0.05) is 4.70 Å². The van der Waals surface area contributed by atoms with Gasteiger partial charge in [0.25, 0.3) is 0 Å². The zero-order chi connectivity index (χ0) is 9.42. The van der Waals surface area contributed by atoms with Crippen LogP contribution in [0.1, 0.15) is 16.6 Å². The minimum atomic E-state index is -0.264. The number of carbonyl (C=O) groups excluding carboxylic acids is 1. The number of hydrogen-bond donors (Lipinski definition) is 0. The number of fused-ring (bicyclic) bond motifs is 1. The number of hydrogen-bond acceptors (Lipinski definition) is 2. The minimum Gasteiger partial charge on any atom is -0.294 e. The molecule has 13 heavy (non-hydrogen) atoms. The molecule has 66 valence electrons. The number of carbonyl (C=O) groups is 1. The summed E-state index contributed by atoms with van der Waals surface area (Å²) in [7, 11) is 0. The summed E-state index contributed by atoms with van der Waals surface area (Å²) in [6, 6.07) is 6.27. The molecule has 1 aromatic heterocycles. The van der Waals surface area contributed by atoms with Gasteiger partial charge in [0.2, 0.25) is 0 Å². The Morgan fingerprint density at radius 1 is 1.38 bits per heavy atom. The average molecular weight is 194 g/mol. The van der Waals surface area contributed by atoms with Gasteiger partial charge in [-0.1, -0.05) is 0 Å². The van der Waals surface area contributed by atoms with Crippen molar-refractivity contribution in [2.75, 3.05) is 0 Å².